The van der Waals surface area contributed by atoms with Crippen LogP contribution in [0, 0.1) is 10.1 Å². The number of esters is 1. The molecule has 0 saturated heterocycles. The average Bonchev–Trinajstić information content (AvgIpc) is 2.98. The Labute approximate surface area is 161 Å². The highest BCUT2D eigenvalue weighted by Crippen LogP contribution is 2.23. The van der Waals surface area contributed by atoms with Gasteiger partial charge in [0.05, 0.1) is 22.2 Å². The van der Waals surface area contributed by atoms with E-state index in [2.05, 4.69) is 9.73 Å². The normalized spacial score (nSPS) is 11.6. The number of hydrogen-bond donors (Lipinski definition) is 0. The van der Waals surface area contributed by atoms with E-state index in [0.29, 0.717) is 20.8 Å². The van der Waals surface area contributed by atoms with Gasteiger partial charge >= 0.3 is 5.97 Å². The van der Waals surface area contributed by atoms with E-state index in [1.165, 1.54) is 42.0 Å². The zero-order valence-corrected chi connectivity index (χ0v) is 15.5. The Kier molecular flexibility index (Phi) is 5.33. The molecule has 0 aliphatic rings. The molecule has 3 rings (SSSR count). The smallest absolute Gasteiger partial charge is 0.325 e. The van der Waals surface area contributed by atoms with Crippen LogP contribution in [-0.2, 0) is 16.1 Å². The van der Waals surface area contributed by atoms with Gasteiger partial charge in [-0.3, -0.25) is 19.7 Å². The molecule has 8 nitrogen and oxygen atoms in total. The molecular formula is C17H12ClN3O5S. The molecule has 1 aromatic heterocycles. The van der Waals surface area contributed by atoms with Crippen LogP contribution >= 0.6 is 22.9 Å². The molecule has 0 radical (unpaired) electrons. The minimum atomic E-state index is -0.534. The van der Waals surface area contributed by atoms with Gasteiger partial charge in [-0.05, 0) is 30.3 Å². The summed E-state index contributed by atoms with van der Waals surface area (Å²) in [5.74, 6) is -1.06. The number of rotatable bonds is 4. The lowest BCUT2D eigenvalue weighted by atomic mass is 10.2. The number of ether oxygens (including phenoxy) is 1. The van der Waals surface area contributed by atoms with Gasteiger partial charge in [0.1, 0.15) is 6.54 Å². The molecular weight excluding hydrogens is 394 g/mol. The van der Waals surface area contributed by atoms with Crippen molar-refractivity contribution in [1.82, 2.24) is 4.57 Å². The monoisotopic (exact) mass is 405 g/mol. The van der Waals surface area contributed by atoms with Crippen LogP contribution in [-0.4, -0.2) is 28.5 Å². The summed E-state index contributed by atoms with van der Waals surface area (Å²) in [5.41, 5.74) is 0.774. The fourth-order valence-electron chi connectivity index (χ4n) is 2.35. The van der Waals surface area contributed by atoms with Gasteiger partial charge in [0.15, 0.2) is 4.80 Å². The Hall–Kier alpha value is -3.04. The minimum Gasteiger partial charge on any atom is -0.468 e. The van der Waals surface area contributed by atoms with Crippen LogP contribution < -0.4 is 4.80 Å². The molecule has 0 aliphatic carbocycles. The summed E-state index contributed by atoms with van der Waals surface area (Å²) in [7, 11) is 1.25. The van der Waals surface area contributed by atoms with Crippen LogP contribution in [0.4, 0.5) is 5.69 Å². The molecule has 0 aliphatic heterocycles. The fraction of sp³-hybridized carbons (Fsp3) is 0.118. The predicted molar refractivity (Wildman–Crippen MR) is 99.8 cm³/mol. The molecule has 2 aromatic carbocycles. The quantitative estimate of drug-likeness (QED) is 0.376. The van der Waals surface area contributed by atoms with E-state index in [1.54, 1.807) is 12.1 Å². The number of nitro groups is 1. The van der Waals surface area contributed by atoms with E-state index in [9.17, 15) is 19.7 Å². The van der Waals surface area contributed by atoms with Crippen molar-refractivity contribution in [2.24, 2.45) is 4.99 Å². The molecule has 0 saturated carbocycles. The lowest BCUT2D eigenvalue weighted by Gasteiger charge is -2.03. The van der Waals surface area contributed by atoms with Crippen molar-refractivity contribution in [2.45, 2.75) is 6.54 Å². The summed E-state index contributed by atoms with van der Waals surface area (Å²) in [6.45, 7) is -0.180. The first kappa shape index (κ1) is 18.7. The third kappa shape index (κ3) is 4.04. The standard InChI is InChI=1S/C17H12ClN3O5S/c1-26-15(22)9-20-13-7-6-12(21(24)25)8-14(13)27-17(20)19-16(23)10-2-4-11(18)5-3-10/h2-8H,9H2,1H3. The number of thiazole rings is 1. The van der Waals surface area contributed by atoms with Crippen LogP contribution in [0.2, 0.25) is 5.02 Å². The molecule has 0 N–H and O–H groups in total. The van der Waals surface area contributed by atoms with Crippen molar-refractivity contribution in [2.75, 3.05) is 7.11 Å². The van der Waals surface area contributed by atoms with Gasteiger partial charge < -0.3 is 9.30 Å². The van der Waals surface area contributed by atoms with Crippen molar-refractivity contribution < 1.29 is 19.2 Å². The minimum absolute atomic E-state index is 0.0930. The Morgan fingerprint density at radius 2 is 1.96 bits per heavy atom. The number of benzene rings is 2. The first-order valence-electron chi connectivity index (χ1n) is 7.58. The first-order valence-corrected chi connectivity index (χ1v) is 8.77. The summed E-state index contributed by atoms with van der Waals surface area (Å²) < 4.78 is 6.70. The van der Waals surface area contributed by atoms with Crippen LogP contribution in [0.25, 0.3) is 10.2 Å². The Morgan fingerprint density at radius 1 is 1.26 bits per heavy atom. The van der Waals surface area contributed by atoms with E-state index in [1.807, 2.05) is 0 Å². The maximum Gasteiger partial charge on any atom is 0.325 e. The maximum atomic E-state index is 12.4. The molecule has 1 amide bonds. The third-order valence-corrected chi connectivity index (χ3v) is 4.97. The molecule has 0 unspecified atom stereocenters. The van der Waals surface area contributed by atoms with Crippen LogP contribution in [0.1, 0.15) is 10.4 Å². The molecule has 0 atom stereocenters. The van der Waals surface area contributed by atoms with E-state index in [4.69, 9.17) is 11.6 Å². The Balaban J connectivity index is 2.15. The Morgan fingerprint density at radius 3 is 2.59 bits per heavy atom. The lowest BCUT2D eigenvalue weighted by molar-refractivity contribution is -0.384. The SMILES string of the molecule is COC(=O)Cn1c(=NC(=O)c2ccc(Cl)cc2)sc2cc([N+](=O)[O-])ccc21. The van der Waals surface area contributed by atoms with Crippen LogP contribution in [0.3, 0.4) is 0 Å². The highest BCUT2D eigenvalue weighted by Gasteiger charge is 2.15. The first-order chi connectivity index (χ1) is 12.9. The highest BCUT2D eigenvalue weighted by atomic mass is 35.5. The summed E-state index contributed by atoms with van der Waals surface area (Å²) in [5, 5.41) is 11.5. The average molecular weight is 406 g/mol. The topological polar surface area (TPSA) is 104 Å². The number of amides is 1. The number of fused-ring (bicyclic) bond motifs is 1. The number of halogens is 1. The van der Waals surface area contributed by atoms with Crippen LogP contribution in [0.15, 0.2) is 47.5 Å². The number of carbonyl (C=O) groups is 2. The molecule has 27 heavy (non-hydrogen) atoms. The summed E-state index contributed by atoms with van der Waals surface area (Å²) in [4.78, 5) is 39.0. The fourth-order valence-corrected chi connectivity index (χ4v) is 3.54. The van der Waals surface area contributed by atoms with Gasteiger partial charge in [-0.2, -0.15) is 4.99 Å². The zero-order chi connectivity index (χ0) is 19.6. The zero-order valence-electron chi connectivity index (χ0n) is 13.9. The van der Waals surface area contributed by atoms with Crippen molar-refractivity contribution >= 4 is 50.7 Å². The van der Waals surface area contributed by atoms with Gasteiger partial charge in [-0.1, -0.05) is 22.9 Å². The third-order valence-electron chi connectivity index (χ3n) is 3.68. The number of non-ortho nitro benzene ring substituents is 1. The Bertz CT molecular complexity index is 1120. The van der Waals surface area contributed by atoms with E-state index >= 15 is 0 Å². The lowest BCUT2D eigenvalue weighted by Crippen LogP contribution is -2.22. The number of nitro benzene ring substituents is 1. The summed E-state index contributed by atoms with van der Waals surface area (Å²) >= 11 is 6.89. The van der Waals surface area contributed by atoms with E-state index < -0.39 is 16.8 Å². The molecule has 0 fully saturated rings. The summed E-state index contributed by atoms with van der Waals surface area (Å²) in [6, 6.07) is 10.4. The molecule has 0 bridgehead atoms. The number of aromatic nitrogens is 1. The predicted octanol–water partition coefficient (Wildman–Crippen LogP) is 3.18. The highest BCUT2D eigenvalue weighted by molar-refractivity contribution is 7.16. The van der Waals surface area contributed by atoms with E-state index in [0.717, 1.165) is 11.3 Å². The molecule has 10 heteroatoms. The van der Waals surface area contributed by atoms with Crippen molar-refractivity contribution in [3.05, 3.63) is 68.0 Å². The second kappa shape index (κ2) is 7.68. The van der Waals surface area contributed by atoms with Gasteiger partial charge in [0.25, 0.3) is 11.6 Å². The van der Waals surface area contributed by atoms with Crippen molar-refractivity contribution in [3.8, 4) is 0 Å². The summed E-state index contributed by atoms with van der Waals surface area (Å²) in [6.07, 6.45) is 0. The van der Waals surface area contributed by atoms with Gasteiger partial charge in [-0.25, -0.2) is 0 Å². The van der Waals surface area contributed by atoms with E-state index in [-0.39, 0.29) is 17.0 Å². The second-order valence-corrected chi connectivity index (χ2v) is 6.83. The maximum absolute atomic E-state index is 12.4. The van der Waals surface area contributed by atoms with Gasteiger partial charge in [0, 0.05) is 22.7 Å². The molecule has 0 spiro atoms. The van der Waals surface area contributed by atoms with Crippen molar-refractivity contribution in [1.29, 1.82) is 0 Å². The number of methoxy groups -OCH3 is 1. The van der Waals surface area contributed by atoms with Gasteiger partial charge in [0.2, 0.25) is 0 Å². The van der Waals surface area contributed by atoms with Gasteiger partial charge in [-0.15, -0.1) is 0 Å². The number of nitrogens with zero attached hydrogens (tertiary/aromatic N) is 3. The largest absolute Gasteiger partial charge is 0.468 e. The molecule has 3 aromatic rings. The second-order valence-electron chi connectivity index (χ2n) is 5.38. The van der Waals surface area contributed by atoms with Crippen molar-refractivity contribution in [3.63, 3.8) is 0 Å². The number of carbonyl (C=O) groups excluding carboxylic acids is 2. The molecule has 1 heterocycles. The molecule has 138 valence electrons. The van der Waals surface area contributed by atoms with Crippen LogP contribution in [0.5, 0.6) is 0 Å². The number of hydrogen-bond acceptors (Lipinski definition) is 6.